The Morgan fingerprint density at radius 1 is 1.06 bits per heavy atom. The van der Waals surface area contributed by atoms with E-state index in [-0.39, 0.29) is 5.56 Å². The third kappa shape index (κ3) is 2.35. The Labute approximate surface area is 103 Å². The first-order valence-corrected chi connectivity index (χ1v) is 5.80. The van der Waals surface area contributed by atoms with Crippen molar-refractivity contribution in [3.63, 3.8) is 0 Å². The molecule has 1 aliphatic rings. The number of rotatable bonds is 2. The summed E-state index contributed by atoms with van der Waals surface area (Å²) in [6.07, 6.45) is 0. The van der Waals surface area contributed by atoms with Crippen molar-refractivity contribution >= 4 is 0 Å². The van der Waals surface area contributed by atoms with Crippen LogP contribution in [-0.4, -0.2) is 31.1 Å². The summed E-state index contributed by atoms with van der Waals surface area (Å²) >= 11 is 0. The topological polar surface area (TPSA) is 15.3 Å². The van der Waals surface area contributed by atoms with Gasteiger partial charge in [-0.1, -0.05) is 0 Å². The Morgan fingerprint density at radius 3 is 2.28 bits per heavy atom. The molecule has 1 atom stereocenters. The molecule has 0 spiro atoms. The third-order valence-corrected chi connectivity index (χ3v) is 3.28. The van der Waals surface area contributed by atoms with Crippen LogP contribution in [0.25, 0.3) is 0 Å². The van der Waals surface area contributed by atoms with Crippen molar-refractivity contribution in [1.29, 1.82) is 0 Å². The van der Waals surface area contributed by atoms with Gasteiger partial charge < -0.3 is 5.32 Å². The second-order valence-corrected chi connectivity index (χ2v) is 4.35. The number of hydrogen-bond acceptors (Lipinski definition) is 2. The fourth-order valence-corrected chi connectivity index (χ4v) is 2.16. The first-order valence-electron chi connectivity index (χ1n) is 5.80. The highest BCUT2D eigenvalue weighted by atomic mass is 19.2. The first kappa shape index (κ1) is 13.3. The van der Waals surface area contributed by atoms with Crippen molar-refractivity contribution in [3.05, 3.63) is 34.9 Å². The van der Waals surface area contributed by atoms with Gasteiger partial charge in [-0.2, -0.15) is 0 Å². The number of benzene rings is 1. The Balaban J connectivity index is 2.32. The van der Waals surface area contributed by atoms with E-state index in [0.29, 0.717) is 13.1 Å². The van der Waals surface area contributed by atoms with E-state index in [2.05, 4.69) is 5.32 Å². The summed E-state index contributed by atoms with van der Waals surface area (Å²) in [4.78, 5) is 1.89. The van der Waals surface area contributed by atoms with Gasteiger partial charge in [0.1, 0.15) is 0 Å². The molecule has 0 bridgehead atoms. The lowest BCUT2D eigenvalue weighted by molar-refractivity contribution is 0.180. The molecule has 0 saturated carbocycles. The summed E-state index contributed by atoms with van der Waals surface area (Å²) in [7, 11) is 0. The Hall–Kier alpha value is -1.14. The molecular formula is C12H14F4N2. The van der Waals surface area contributed by atoms with Crippen LogP contribution in [0.15, 0.2) is 6.07 Å². The molecule has 0 radical (unpaired) electrons. The highest BCUT2D eigenvalue weighted by Crippen LogP contribution is 2.27. The number of hydrogen-bond donors (Lipinski definition) is 1. The lowest BCUT2D eigenvalue weighted by atomic mass is 10.0. The van der Waals surface area contributed by atoms with Crippen LogP contribution in [0.2, 0.25) is 0 Å². The minimum absolute atomic E-state index is 0.145. The second kappa shape index (κ2) is 5.24. The van der Waals surface area contributed by atoms with Crippen molar-refractivity contribution < 1.29 is 17.6 Å². The average Bonchev–Trinajstić information content (AvgIpc) is 2.41. The Kier molecular flexibility index (Phi) is 3.87. The van der Waals surface area contributed by atoms with Crippen LogP contribution in [0.3, 0.4) is 0 Å². The van der Waals surface area contributed by atoms with E-state index in [1.165, 1.54) is 0 Å². The van der Waals surface area contributed by atoms with Gasteiger partial charge in [0.15, 0.2) is 23.3 Å². The molecule has 18 heavy (non-hydrogen) atoms. The molecule has 1 aromatic rings. The SMILES string of the molecule is CC(c1cc(F)c(F)c(F)c1F)N1CCNCC1. The van der Waals surface area contributed by atoms with Crippen LogP contribution in [0.5, 0.6) is 0 Å². The van der Waals surface area contributed by atoms with Crippen molar-refractivity contribution in [2.24, 2.45) is 0 Å². The van der Waals surface area contributed by atoms with Crippen LogP contribution < -0.4 is 5.32 Å². The van der Waals surface area contributed by atoms with Crippen LogP contribution in [0.4, 0.5) is 17.6 Å². The van der Waals surface area contributed by atoms with E-state index in [9.17, 15) is 17.6 Å². The predicted octanol–water partition coefficient (Wildman–Crippen LogP) is 2.21. The zero-order valence-corrected chi connectivity index (χ0v) is 9.94. The monoisotopic (exact) mass is 262 g/mol. The summed E-state index contributed by atoms with van der Waals surface area (Å²) in [6.45, 7) is 4.43. The molecule has 1 aliphatic heterocycles. The molecule has 6 heteroatoms. The van der Waals surface area contributed by atoms with E-state index in [1.54, 1.807) is 6.92 Å². The third-order valence-electron chi connectivity index (χ3n) is 3.28. The van der Waals surface area contributed by atoms with E-state index < -0.39 is 29.3 Å². The van der Waals surface area contributed by atoms with Gasteiger partial charge in [0.05, 0.1) is 0 Å². The van der Waals surface area contributed by atoms with Crippen molar-refractivity contribution in [2.45, 2.75) is 13.0 Å². The molecule has 1 unspecified atom stereocenters. The zero-order valence-electron chi connectivity index (χ0n) is 9.94. The minimum Gasteiger partial charge on any atom is -0.314 e. The number of nitrogens with one attached hydrogen (secondary N) is 1. The molecule has 2 nitrogen and oxygen atoms in total. The van der Waals surface area contributed by atoms with Gasteiger partial charge >= 0.3 is 0 Å². The molecule has 0 amide bonds. The first-order chi connectivity index (χ1) is 8.52. The smallest absolute Gasteiger partial charge is 0.197 e. The lowest BCUT2D eigenvalue weighted by Crippen LogP contribution is -2.44. The summed E-state index contributed by atoms with van der Waals surface area (Å²) < 4.78 is 52.8. The standard InChI is InChI=1S/C12H14F4N2/c1-7(18-4-2-17-3-5-18)8-6-9(13)11(15)12(16)10(8)14/h6-7,17H,2-5H2,1H3. The lowest BCUT2D eigenvalue weighted by Gasteiger charge is -2.33. The molecule has 2 rings (SSSR count). The molecule has 0 aromatic heterocycles. The number of nitrogens with zero attached hydrogens (tertiary/aromatic N) is 1. The second-order valence-electron chi connectivity index (χ2n) is 4.35. The molecule has 0 aliphatic carbocycles. The fourth-order valence-electron chi connectivity index (χ4n) is 2.16. The molecule has 1 aromatic carbocycles. The average molecular weight is 262 g/mol. The molecule has 1 fully saturated rings. The summed E-state index contributed by atoms with van der Waals surface area (Å²) in [5, 5.41) is 3.12. The maximum absolute atomic E-state index is 13.6. The molecule has 1 heterocycles. The maximum Gasteiger partial charge on any atom is 0.197 e. The van der Waals surface area contributed by atoms with E-state index in [1.807, 2.05) is 4.90 Å². The Bertz CT molecular complexity index is 444. The van der Waals surface area contributed by atoms with Crippen molar-refractivity contribution in [3.8, 4) is 0 Å². The van der Waals surface area contributed by atoms with Gasteiger partial charge in [-0.3, -0.25) is 4.90 Å². The molecule has 100 valence electrons. The van der Waals surface area contributed by atoms with Gasteiger partial charge in [0, 0.05) is 37.8 Å². The quantitative estimate of drug-likeness (QED) is 0.499. The molecule has 1 N–H and O–H groups in total. The number of piperazine rings is 1. The Morgan fingerprint density at radius 2 is 1.67 bits per heavy atom. The summed E-state index contributed by atoms with van der Waals surface area (Å²) in [5.74, 6) is -6.17. The van der Waals surface area contributed by atoms with E-state index >= 15 is 0 Å². The highest BCUT2D eigenvalue weighted by molar-refractivity contribution is 5.24. The van der Waals surface area contributed by atoms with E-state index in [4.69, 9.17) is 0 Å². The van der Waals surface area contributed by atoms with Gasteiger partial charge in [-0.05, 0) is 13.0 Å². The van der Waals surface area contributed by atoms with Gasteiger partial charge in [0.2, 0.25) is 0 Å². The zero-order chi connectivity index (χ0) is 13.3. The maximum atomic E-state index is 13.6. The van der Waals surface area contributed by atoms with Crippen LogP contribution in [0, 0.1) is 23.3 Å². The fraction of sp³-hybridized carbons (Fsp3) is 0.500. The van der Waals surface area contributed by atoms with Gasteiger partial charge in [-0.15, -0.1) is 0 Å². The van der Waals surface area contributed by atoms with Crippen molar-refractivity contribution in [1.82, 2.24) is 10.2 Å². The largest absolute Gasteiger partial charge is 0.314 e. The highest BCUT2D eigenvalue weighted by Gasteiger charge is 2.26. The van der Waals surface area contributed by atoms with Crippen LogP contribution in [0.1, 0.15) is 18.5 Å². The normalized spacial score (nSPS) is 18.9. The van der Waals surface area contributed by atoms with Gasteiger partial charge in [0.25, 0.3) is 0 Å². The van der Waals surface area contributed by atoms with Crippen LogP contribution >= 0.6 is 0 Å². The predicted molar refractivity (Wildman–Crippen MR) is 59.1 cm³/mol. The summed E-state index contributed by atoms with van der Waals surface area (Å²) in [5.41, 5.74) is -0.145. The van der Waals surface area contributed by atoms with Crippen LogP contribution in [-0.2, 0) is 0 Å². The van der Waals surface area contributed by atoms with Crippen molar-refractivity contribution in [2.75, 3.05) is 26.2 Å². The van der Waals surface area contributed by atoms with E-state index in [0.717, 1.165) is 19.2 Å². The van der Waals surface area contributed by atoms with Gasteiger partial charge in [-0.25, -0.2) is 17.6 Å². The number of halogens is 4. The molecular weight excluding hydrogens is 248 g/mol. The molecule has 1 saturated heterocycles. The minimum atomic E-state index is -1.76. The summed E-state index contributed by atoms with van der Waals surface area (Å²) in [6, 6.07) is 0.247.